The van der Waals surface area contributed by atoms with E-state index in [4.69, 9.17) is 0 Å². The van der Waals surface area contributed by atoms with E-state index >= 15 is 0 Å². The number of aromatic amines is 1. The van der Waals surface area contributed by atoms with E-state index in [1.54, 1.807) is 0 Å². The fraction of sp³-hybridized carbons (Fsp3) is 0.467. The Hall–Kier alpha value is -1.32. The summed E-state index contributed by atoms with van der Waals surface area (Å²) in [7, 11) is 0. The molecule has 96 valence electrons. The number of nitrogens with one attached hydrogen (secondary N) is 2. The molecule has 0 spiro atoms. The Morgan fingerprint density at radius 3 is 2.61 bits per heavy atom. The van der Waals surface area contributed by atoms with Gasteiger partial charge >= 0.3 is 0 Å². The lowest BCUT2D eigenvalue weighted by atomic mass is 10.0. The third kappa shape index (κ3) is 2.04. The molecular weight excluding hydrogens is 222 g/mol. The minimum absolute atomic E-state index is 1.06. The Morgan fingerprint density at radius 1 is 1.11 bits per heavy atom. The van der Waals surface area contributed by atoms with Crippen LogP contribution in [0.25, 0.3) is 10.9 Å². The van der Waals surface area contributed by atoms with Crippen LogP contribution in [0.5, 0.6) is 0 Å². The summed E-state index contributed by atoms with van der Waals surface area (Å²) in [5, 5.41) is 4.83. The van der Waals surface area contributed by atoms with Gasteiger partial charge in [-0.1, -0.05) is 12.1 Å². The van der Waals surface area contributed by atoms with Gasteiger partial charge in [0.1, 0.15) is 0 Å². The molecule has 1 aliphatic rings. The molecule has 0 aliphatic carbocycles. The second-order valence-electron chi connectivity index (χ2n) is 5.29. The van der Waals surface area contributed by atoms with E-state index in [1.165, 1.54) is 27.6 Å². The molecule has 1 fully saturated rings. The van der Waals surface area contributed by atoms with E-state index in [2.05, 4.69) is 47.4 Å². The summed E-state index contributed by atoms with van der Waals surface area (Å²) in [6, 6.07) is 4.43. The number of benzene rings is 1. The summed E-state index contributed by atoms with van der Waals surface area (Å²) >= 11 is 0. The van der Waals surface area contributed by atoms with E-state index in [0.717, 1.165) is 32.7 Å². The first-order chi connectivity index (χ1) is 8.75. The number of hydrogen-bond donors (Lipinski definition) is 2. The van der Waals surface area contributed by atoms with Gasteiger partial charge in [0.05, 0.1) is 0 Å². The van der Waals surface area contributed by atoms with Gasteiger partial charge in [-0.05, 0) is 30.5 Å². The molecule has 1 aliphatic heterocycles. The fourth-order valence-corrected chi connectivity index (χ4v) is 2.88. The maximum Gasteiger partial charge on any atom is 0.0489 e. The number of rotatable bonds is 2. The van der Waals surface area contributed by atoms with Crippen molar-refractivity contribution < 1.29 is 0 Å². The summed E-state index contributed by atoms with van der Waals surface area (Å²) in [5.74, 6) is 0. The third-order valence-corrected chi connectivity index (χ3v) is 3.94. The van der Waals surface area contributed by atoms with Gasteiger partial charge in [0.15, 0.2) is 0 Å². The van der Waals surface area contributed by atoms with Crippen LogP contribution in [0.2, 0.25) is 0 Å². The standard InChI is InChI=1S/C15H21N3/c1-11-3-4-12(2)15-14(11)13(9-17-15)10-18-7-5-16-6-8-18/h3-4,9,16-17H,5-8,10H2,1-2H3. The van der Waals surface area contributed by atoms with Gasteiger partial charge in [0.25, 0.3) is 0 Å². The van der Waals surface area contributed by atoms with Crippen LogP contribution >= 0.6 is 0 Å². The zero-order valence-corrected chi connectivity index (χ0v) is 11.2. The first-order valence-corrected chi connectivity index (χ1v) is 6.75. The van der Waals surface area contributed by atoms with E-state index in [-0.39, 0.29) is 0 Å². The largest absolute Gasteiger partial charge is 0.361 e. The van der Waals surface area contributed by atoms with Gasteiger partial charge in [0.2, 0.25) is 0 Å². The summed E-state index contributed by atoms with van der Waals surface area (Å²) in [6.07, 6.45) is 2.19. The van der Waals surface area contributed by atoms with E-state index in [9.17, 15) is 0 Å². The molecule has 3 rings (SSSR count). The number of H-pyrrole nitrogens is 1. The van der Waals surface area contributed by atoms with Crippen LogP contribution in [0.15, 0.2) is 18.3 Å². The molecule has 2 N–H and O–H groups in total. The summed E-state index contributed by atoms with van der Waals surface area (Å²) in [4.78, 5) is 5.97. The highest BCUT2D eigenvalue weighted by Gasteiger charge is 2.14. The highest BCUT2D eigenvalue weighted by Crippen LogP contribution is 2.26. The highest BCUT2D eigenvalue weighted by molar-refractivity contribution is 5.88. The van der Waals surface area contributed by atoms with Crippen LogP contribution in [0.4, 0.5) is 0 Å². The zero-order chi connectivity index (χ0) is 12.5. The van der Waals surface area contributed by atoms with Crippen molar-refractivity contribution in [2.45, 2.75) is 20.4 Å². The molecule has 1 aromatic heterocycles. The van der Waals surface area contributed by atoms with Crippen molar-refractivity contribution in [3.05, 3.63) is 35.0 Å². The summed E-state index contributed by atoms with van der Waals surface area (Å²) < 4.78 is 0. The molecule has 18 heavy (non-hydrogen) atoms. The number of nitrogens with zero attached hydrogens (tertiary/aromatic N) is 1. The lowest BCUT2D eigenvalue weighted by molar-refractivity contribution is 0.234. The first-order valence-electron chi connectivity index (χ1n) is 6.75. The Balaban J connectivity index is 1.94. The Kier molecular flexibility index (Phi) is 3.10. The van der Waals surface area contributed by atoms with Crippen molar-refractivity contribution in [3.63, 3.8) is 0 Å². The van der Waals surface area contributed by atoms with Crippen LogP contribution in [-0.2, 0) is 6.54 Å². The Labute approximate surface area is 108 Å². The van der Waals surface area contributed by atoms with E-state index in [0.29, 0.717) is 0 Å². The topological polar surface area (TPSA) is 31.1 Å². The molecule has 0 amide bonds. The second kappa shape index (κ2) is 4.75. The van der Waals surface area contributed by atoms with Crippen molar-refractivity contribution in [1.29, 1.82) is 0 Å². The number of hydrogen-bond acceptors (Lipinski definition) is 2. The van der Waals surface area contributed by atoms with Crippen LogP contribution in [0.1, 0.15) is 16.7 Å². The molecule has 0 unspecified atom stereocenters. The predicted octanol–water partition coefficient (Wildman–Crippen LogP) is 2.19. The van der Waals surface area contributed by atoms with Gasteiger partial charge < -0.3 is 10.3 Å². The molecule has 0 saturated carbocycles. The first kappa shape index (κ1) is 11.8. The predicted molar refractivity (Wildman–Crippen MR) is 75.9 cm³/mol. The summed E-state index contributed by atoms with van der Waals surface area (Å²) in [6.45, 7) is 9.96. The molecule has 3 nitrogen and oxygen atoms in total. The van der Waals surface area contributed by atoms with Crippen LogP contribution < -0.4 is 5.32 Å². The van der Waals surface area contributed by atoms with Gasteiger partial charge in [-0.2, -0.15) is 0 Å². The van der Waals surface area contributed by atoms with Crippen molar-refractivity contribution in [2.24, 2.45) is 0 Å². The van der Waals surface area contributed by atoms with E-state index in [1.807, 2.05) is 0 Å². The highest BCUT2D eigenvalue weighted by atomic mass is 15.2. The molecule has 1 aromatic carbocycles. The van der Waals surface area contributed by atoms with Crippen molar-refractivity contribution in [1.82, 2.24) is 15.2 Å². The van der Waals surface area contributed by atoms with Crippen molar-refractivity contribution in [3.8, 4) is 0 Å². The van der Waals surface area contributed by atoms with Gasteiger partial charge in [-0.25, -0.2) is 0 Å². The molecule has 3 heteroatoms. The molecule has 0 atom stereocenters. The molecule has 0 radical (unpaired) electrons. The van der Waals surface area contributed by atoms with Crippen LogP contribution in [0, 0.1) is 13.8 Å². The van der Waals surface area contributed by atoms with Crippen LogP contribution in [-0.4, -0.2) is 36.1 Å². The van der Waals surface area contributed by atoms with Gasteiger partial charge in [0, 0.05) is 49.8 Å². The quantitative estimate of drug-likeness (QED) is 0.847. The number of piperazine rings is 1. The average molecular weight is 243 g/mol. The SMILES string of the molecule is Cc1ccc(C)c2c(CN3CCNCC3)c[nH]c12. The molecule has 0 bridgehead atoms. The Morgan fingerprint density at radius 2 is 1.83 bits per heavy atom. The molecule has 2 heterocycles. The smallest absolute Gasteiger partial charge is 0.0489 e. The lowest BCUT2D eigenvalue weighted by Gasteiger charge is -2.27. The normalized spacial score (nSPS) is 17.4. The second-order valence-corrected chi connectivity index (χ2v) is 5.29. The average Bonchev–Trinajstić information content (AvgIpc) is 2.80. The monoisotopic (exact) mass is 243 g/mol. The number of aryl methyl sites for hydroxylation is 2. The fourth-order valence-electron chi connectivity index (χ4n) is 2.88. The minimum atomic E-state index is 1.06. The molecule has 1 saturated heterocycles. The number of fused-ring (bicyclic) bond motifs is 1. The maximum atomic E-state index is 3.44. The van der Waals surface area contributed by atoms with Crippen molar-refractivity contribution >= 4 is 10.9 Å². The third-order valence-electron chi connectivity index (χ3n) is 3.94. The maximum absolute atomic E-state index is 3.44. The molecule has 2 aromatic rings. The van der Waals surface area contributed by atoms with E-state index < -0.39 is 0 Å². The number of aromatic nitrogens is 1. The van der Waals surface area contributed by atoms with Gasteiger partial charge in [-0.15, -0.1) is 0 Å². The molecular formula is C15H21N3. The Bertz CT molecular complexity index is 550. The summed E-state index contributed by atoms with van der Waals surface area (Å²) in [5.41, 5.74) is 5.46. The van der Waals surface area contributed by atoms with Crippen LogP contribution in [0.3, 0.4) is 0 Å². The zero-order valence-electron chi connectivity index (χ0n) is 11.2. The van der Waals surface area contributed by atoms with Gasteiger partial charge in [-0.3, -0.25) is 4.90 Å². The lowest BCUT2D eigenvalue weighted by Crippen LogP contribution is -2.42. The van der Waals surface area contributed by atoms with Crippen molar-refractivity contribution in [2.75, 3.05) is 26.2 Å². The minimum Gasteiger partial charge on any atom is -0.361 e.